The molecule has 0 saturated heterocycles. The highest BCUT2D eigenvalue weighted by molar-refractivity contribution is 7.20. The molecule has 2 heterocycles. The van der Waals surface area contributed by atoms with Gasteiger partial charge in [-0.3, -0.25) is 9.36 Å². The van der Waals surface area contributed by atoms with Gasteiger partial charge in [0.25, 0.3) is 5.56 Å². The Morgan fingerprint density at radius 1 is 1.38 bits per heavy atom. The Balaban J connectivity index is 2.36. The summed E-state index contributed by atoms with van der Waals surface area (Å²) < 4.78 is 14.2. The maximum atomic E-state index is 13.0. The van der Waals surface area contributed by atoms with Gasteiger partial charge in [0.15, 0.2) is 0 Å². The highest BCUT2D eigenvalue weighted by atomic mass is 35.5. The second-order valence-electron chi connectivity index (χ2n) is 5.13. The number of hydrogen-bond donors (Lipinski definition) is 1. The summed E-state index contributed by atoms with van der Waals surface area (Å²) in [4.78, 5) is 28.9. The third-order valence-corrected chi connectivity index (χ3v) is 5.08. The molecule has 0 unspecified atom stereocenters. The van der Waals surface area contributed by atoms with Crippen LogP contribution in [0.15, 0.2) is 29.1 Å². The zero-order chi connectivity index (χ0) is 17.4. The van der Waals surface area contributed by atoms with Gasteiger partial charge in [0.2, 0.25) is 0 Å². The first-order valence-electron chi connectivity index (χ1n) is 7.03. The van der Waals surface area contributed by atoms with Crippen molar-refractivity contribution < 1.29 is 14.3 Å². The minimum Gasteiger partial charge on any atom is -0.477 e. The van der Waals surface area contributed by atoms with Crippen LogP contribution in [0.5, 0.6) is 0 Å². The van der Waals surface area contributed by atoms with E-state index in [4.69, 9.17) is 11.6 Å². The second kappa shape index (κ2) is 6.33. The van der Waals surface area contributed by atoms with Crippen molar-refractivity contribution in [1.29, 1.82) is 0 Å². The van der Waals surface area contributed by atoms with Crippen molar-refractivity contribution in [2.75, 3.05) is 6.67 Å². The molecule has 0 aliphatic rings. The van der Waals surface area contributed by atoms with Crippen molar-refractivity contribution in [3.8, 4) is 11.4 Å². The lowest BCUT2D eigenvalue weighted by atomic mass is 10.1. The van der Waals surface area contributed by atoms with Gasteiger partial charge in [0.05, 0.1) is 11.9 Å². The predicted molar refractivity (Wildman–Crippen MR) is 92.0 cm³/mol. The van der Waals surface area contributed by atoms with Gasteiger partial charge in [-0.1, -0.05) is 11.6 Å². The Morgan fingerprint density at radius 3 is 2.62 bits per heavy atom. The lowest BCUT2D eigenvalue weighted by molar-refractivity contribution is 0.0701. The Morgan fingerprint density at radius 2 is 2.04 bits per heavy atom. The smallest absolute Gasteiger partial charge is 0.346 e. The van der Waals surface area contributed by atoms with Gasteiger partial charge in [0.1, 0.15) is 22.2 Å². The Hall–Kier alpha value is -2.25. The summed E-state index contributed by atoms with van der Waals surface area (Å²) in [5.74, 6) is -0.819. The predicted octanol–water partition coefficient (Wildman–Crippen LogP) is 3.75. The van der Waals surface area contributed by atoms with Crippen molar-refractivity contribution >= 4 is 39.1 Å². The molecule has 0 aliphatic heterocycles. The Bertz CT molecular complexity index is 995. The average Bonchev–Trinajstić information content (AvgIpc) is 2.88. The van der Waals surface area contributed by atoms with Crippen molar-refractivity contribution in [2.24, 2.45) is 0 Å². The minimum absolute atomic E-state index is 0.0645. The topological polar surface area (TPSA) is 72.2 Å². The van der Waals surface area contributed by atoms with Gasteiger partial charge in [-0.05, 0) is 36.8 Å². The van der Waals surface area contributed by atoms with Gasteiger partial charge in [0, 0.05) is 10.6 Å². The molecule has 0 atom stereocenters. The Labute approximate surface area is 145 Å². The number of carboxylic acids is 1. The second-order valence-corrected chi connectivity index (χ2v) is 6.57. The summed E-state index contributed by atoms with van der Waals surface area (Å²) in [5, 5.41) is 10.00. The molecule has 5 nitrogen and oxygen atoms in total. The quantitative estimate of drug-likeness (QED) is 0.763. The standard InChI is InChI=1S/C16H12ClFN2O3S/c1-8-11-14(24-12(8)16(22)23)19-13(20(7-6-18)15(11)21)9-2-4-10(17)5-3-9/h2-5H,6-7H2,1H3,(H,22,23). The summed E-state index contributed by atoms with van der Waals surface area (Å²) in [6.07, 6.45) is 0. The van der Waals surface area contributed by atoms with E-state index in [2.05, 4.69) is 4.98 Å². The van der Waals surface area contributed by atoms with Crippen LogP contribution in [0.1, 0.15) is 15.2 Å². The number of carbonyl (C=O) groups is 1. The van der Waals surface area contributed by atoms with E-state index in [9.17, 15) is 19.1 Å². The normalized spacial score (nSPS) is 11.1. The minimum atomic E-state index is -1.11. The molecule has 0 fully saturated rings. The SMILES string of the molecule is Cc1c(C(=O)O)sc2nc(-c3ccc(Cl)cc3)n(CCF)c(=O)c12. The van der Waals surface area contributed by atoms with Gasteiger partial charge in [-0.2, -0.15) is 0 Å². The van der Waals surface area contributed by atoms with E-state index in [0.29, 0.717) is 26.8 Å². The molecule has 1 aromatic carbocycles. The first-order valence-corrected chi connectivity index (χ1v) is 8.22. The monoisotopic (exact) mass is 366 g/mol. The number of hydrogen-bond acceptors (Lipinski definition) is 4. The van der Waals surface area contributed by atoms with E-state index in [1.165, 1.54) is 4.57 Å². The average molecular weight is 367 g/mol. The summed E-state index contributed by atoms with van der Waals surface area (Å²) in [7, 11) is 0. The third kappa shape index (κ3) is 2.70. The largest absolute Gasteiger partial charge is 0.477 e. The summed E-state index contributed by atoms with van der Waals surface area (Å²) in [6, 6.07) is 6.66. The maximum Gasteiger partial charge on any atom is 0.346 e. The number of aromatic carboxylic acids is 1. The number of aryl methyl sites for hydroxylation is 1. The third-order valence-electron chi connectivity index (χ3n) is 3.66. The van der Waals surface area contributed by atoms with E-state index in [-0.39, 0.29) is 16.8 Å². The van der Waals surface area contributed by atoms with Crippen LogP contribution in [0.2, 0.25) is 5.02 Å². The number of carboxylic acid groups (broad SMARTS) is 1. The van der Waals surface area contributed by atoms with E-state index < -0.39 is 18.2 Å². The van der Waals surface area contributed by atoms with Crippen molar-refractivity contribution in [3.63, 3.8) is 0 Å². The van der Waals surface area contributed by atoms with E-state index in [1.807, 2.05) is 0 Å². The number of rotatable bonds is 4. The molecular formula is C16H12ClFN2O3S. The fourth-order valence-electron chi connectivity index (χ4n) is 2.53. The number of fused-ring (bicyclic) bond motifs is 1. The molecule has 2 aromatic heterocycles. The lowest BCUT2D eigenvalue weighted by Crippen LogP contribution is -2.24. The number of benzene rings is 1. The highest BCUT2D eigenvalue weighted by Gasteiger charge is 2.21. The van der Waals surface area contributed by atoms with Crippen LogP contribution in [0, 0.1) is 6.92 Å². The highest BCUT2D eigenvalue weighted by Crippen LogP contribution is 2.29. The lowest BCUT2D eigenvalue weighted by Gasteiger charge is -2.11. The molecule has 124 valence electrons. The van der Waals surface area contributed by atoms with Gasteiger partial charge < -0.3 is 5.11 Å². The molecule has 0 radical (unpaired) electrons. The Kier molecular flexibility index (Phi) is 4.38. The molecule has 1 N–H and O–H groups in total. The van der Waals surface area contributed by atoms with Crippen LogP contribution < -0.4 is 5.56 Å². The number of halogens is 2. The number of thiophene rings is 1. The number of alkyl halides is 1. The molecule has 0 saturated carbocycles. The van der Waals surface area contributed by atoms with E-state index in [0.717, 1.165) is 11.3 Å². The summed E-state index contributed by atoms with van der Waals surface area (Å²) in [6.45, 7) is 0.674. The molecule has 3 aromatic rings. The van der Waals surface area contributed by atoms with Crippen LogP contribution >= 0.6 is 22.9 Å². The fraction of sp³-hybridized carbons (Fsp3) is 0.188. The van der Waals surface area contributed by atoms with E-state index in [1.54, 1.807) is 31.2 Å². The van der Waals surface area contributed by atoms with Gasteiger partial charge in [-0.15, -0.1) is 11.3 Å². The summed E-state index contributed by atoms with van der Waals surface area (Å²) in [5.41, 5.74) is 0.522. The molecule has 0 aliphatic carbocycles. The molecule has 8 heteroatoms. The van der Waals surface area contributed by atoms with Gasteiger partial charge in [-0.25, -0.2) is 14.2 Å². The molecule has 3 rings (SSSR count). The van der Waals surface area contributed by atoms with Gasteiger partial charge >= 0.3 is 5.97 Å². The zero-order valence-corrected chi connectivity index (χ0v) is 14.1. The fourth-order valence-corrected chi connectivity index (χ4v) is 3.67. The van der Waals surface area contributed by atoms with Crippen LogP contribution in [0.3, 0.4) is 0 Å². The van der Waals surface area contributed by atoms with Crippen LogP contribution in [0.4, 0.5) is 4.39 Å². The van der Waals surface area contributed by atoms with E-state index >= 15 is 0 Å². The molecule has 0 spiro atoms. The molecule has 0 amide bonds. The van der Waals surface area contributed by atoms with Crippen molar-refractivity contribution in [2.45, 2.75) is 13.5 Å². The molecule has 0 bridgehead atoms. The molecular weight excluding hydrogens is 355 g/mol. The first-order chi connectivity index (χ1) is 11.4. The van der Waals surface area contributed by atoms with Crippen LogP contribution in [-0.2, 0) is 6.54 Å². The number of aromatic nitrogens is 2. The van der Waals surface area contributed by atoms with Crippen molar-refractivity contribution in [3.05, 3.63) is 50.1 Å². The summed E-state index contributed by atoms with van der Waals surface area (Å²) >= 11 is 6.81. The number of nitrogens with zero attached hydrogens (tertiary/aromatic N) is 2. The van der Waals surface area contributed by atoms with Crippen LogP contribution in [-0.4, -0.2) is 27.3 Å². The van der Waals surface area contributed by atoms with Crippen LogP contribution in [0.25, 0.3) is 21.6 Å². The maximum absolute atomic E-state index is 13.0. The zero-order valence-electron chi connectivity index (χ0n) is 12.5. The van der Waals surface area contributed by atoms with Crippen molar-refractivity contribution in [1.82, 2.24) is 9.55 Å². The first kappa shape index (κ1) is 16.6. The molecule has 24 heavy (non-hydrogen) atoms.